The van der Waals surface area contributed by atoms with Crippen LogP contribution >= 0.6 is 0 Å². The zero-order valence-electron chi connectivity index (χ0n) is 42.9. The van der Waals surface area contributed by atoms with Crippen molar-refractivity contribution in [2.75, 3.05) is 19.8 Å². The molecule has 12 atom stereocenters. The Morgan fingerprint density at radius 1 is 0.515 bits per heavy atom. The first-order chi connectivity index (χ1) is 33.1. The molecule has 0 spiro atoms. The van der Waals surface area contributed by atoms with E-state index in [0.717, 1.165) is 38.5 Å². The van der Waals surface area contributed by atoms with Gasteiger partial charge < -0.3 is 65.1 Å². The zero-order chi connectivity index (χ0) is 49.6. The monoisotopic (exact) mass is 974 g/mol. The molecule has 2 aliphatic heterocycles. The number of aliphatic hydroxyl groups excluding tert-OH is 8. The highest BCUT2D eigenvalue weighted by Crippen LogP contribution is 2.30. The summed E-state index contributed by atoms with van der Waals surface area (Å²) >= 11 is 0. The molecule has 12 unspecified atom stereocenters. The van der Waals surface area contributed by atoms with Crippen LogP contribution in [0.3, 0.4) is 0 Å². The van der Waals surface area contributed by atoms with Gasteiger partial charge in [0.15, 0.2) is 12.6 Å². The molecule has 2 saturated heterocycles. The molecule has 14 heteroatoms. The molecule has 2 fully saturated rings. The van der Waals surface area contributed by atoms with E-state index < -0.39 is 86.8 Å². The smallest absolute Gasteiger partial charge is 0.220 e. The number of hydrogen-bond donors (Lipinski definition) is 9. The van der Waals surface area contributed by atoms with Gasteiger partial charge >= 0.3 is 0 Å². The maximum absolute atomic E-state index is 13.2. The van der Waals surface area contributed by atoms with Crippen molar-refractivity contribution in [1.82, 2.24) is 5.32 Å². The van der Waals surface area contributed by atoms with Crippen LogP contribution in [0.2, 0.25) is 0 Å². The maximum Gasteiger partial charge on any atom is 0.220 e. The molecular weight excluding hydrogens is 871 g/mol. The molecule has 2 aliphatic rings. The highest BCUT2D eigenvalue weighted by molar-refractivity contribution is 5.76. The highest BCUT2D eigenvalue weighted by Gasteiger charge is 2.51. The van der Waals surface area contributed by atoms with E-state index in [1.54, 1.807) is 6.08 Å². The Kier molecular flexibility index (Phi) is 38.1. The van der Waals surface area contributed by atoms with Gasteiger partial charge in [-0.25, -0.2) is 0 Å². The second kappa shape index (κ2) is 41.2. The van der Waals surface area contributed by atoms with E-state index in [0.29, 0.717) is 6.42 Å². The predicted octanol–water partition coefficient (Wildman–Crippen LogP) is 8.33. The van der Waals surface area contributed by atoms with Gasteiger partial charge in [-0.15, -0.1) is 0 Å². The Hall–Kier alpha value is -1.27. The minimum Gasteiger partial charge on any atom is -0.394 e. The molecule has 14 nitrogen and oxygen atoms in total. The summed E-state index contributed by atoms with van der Waals surface area (Å²) in [6, 6.07) is -0.908. The van der Waals surface area contributed by atoms with Gasteiger partial charge in [0.1, 0.15) is 48.8 Å². The lowest BCUT2D eigenvalue weighted by molar-refractivity contribution is -0.359. The van der Waals surface area contributed by atoms with E-state index in [1.807, 2.05) is 6.08 Å². The summed E-state index contributed by atoms with van der Waals surface area (Å²) in [5.74, 6) is -0.236. The van der Waals surface area contributed by atoms with E-state index in [9.17, 15) is 45.6 Å². The molecule has 9 N–H and O–H groups in total. The van der Waals surface area contributed by atoms with Crippen LogP contribution in [0.5, 0.6) is 0 Å². The lowest BCUT2D eigenvalue weighted by Gasteiger charge is -2.46. The second-order valence-electron chi connectivity index (χ2n) is 20.1. The normalized spacial score (nSPS) is 26.4. The fraction of sp³-hybridized carbons (Fsp3) is 0.944. The molecule has 2 heterocycles. The Labute approximate surface area is 412 Å². The van der Waals surface area contributed by atoms with Crippen molar-refractivity contribution in [3.05, 3.63) is 12.2 Å². The fourth-order valence-electron chi connectivity index (χ4n) is 9.41. The van der Waals surface area contributed by atoms with Gasteiger partial charge in [0.05, 0.1) is 32.0 Å². The van der Waals surface area contributed by atoms with Crippen LogP contribution in [-0.2, 0) is 23.7 Å². The number of ether oxygens (including phenoxy) is 4. The number of hydrogen-bond acceptors (Lipinski definition) is 13. The summed E-state index contributed by atoms with van der Waals surface area (Å²) in [4.78, 5) is 13.2. The SMILES string of the molecule is CCCCCCCCCCCCCCCCCC/C=C/C(O)C(COC1OC(CO)C(OC2OC(CO)C(O)C(O)C2O)C(O)C1O)NC(=O)CCCCCCCCCCCCCCCCCC. The number of rotatable bonds is 44. The van der Waals surface area contributed by atoms with Crippen molar-refractivity contribution in [1.29, 1.82) is 0 Å². The Bertz CT molecular complexity index is 1200. The van der Waals surface area contributed by atoms with Crippen molar-refractivity contribution in [3.8, 4) is 0 Å². The minimum atomic E-state index is -1.78. The third-order valence-electron chi connectivity index (χ3n) is 14.0. The Morgan fingerprint density at radius 3 is 1.35 bits per heavy atom. The molecule has 0 radical (unpaired) electrons. The van der Waals surface area contributed by atoms with Gasteiger partial charge in [-0.05, 0) is 19.3 Å². The summed E-state index contributed by atoms with van der Waals surface area (Å²) in [5, 5.41) is 86.9. The van der Waals surface area contributed by atoms with Crippen LogP contribution in [0.15, 0.2) is 12.2 Å². The average Bonchev–Trinajstić information content (AvgIpc) is 3.34. The summed E-state index contributed by atoms with van der Waals surface area (Å²) in [7, 11) is 0. The third-order valence-corrected chi connectivity index (χ3v) is 14.0. The molecule has 0 bridgehead atoms. The lowest BCUT2D eigenvalue weighted by atomic mass is 9.97. The van der Waals surface area contributed by atoms with E-state index in [4.69, 9.17) is 18.9 Å². The van der Waals surface area contributed by atoms with Crippen LogP contribution in [-0.4, -0.2) is 140 Å². The number of nitrogens with one attached hydrogen (secondary N) is 1. The van der Waals surface area contributed by atoms with Crippen molar-refractivity contribution in [3.63, 3.8) is 0 Å². The second-order valence-corrected chi connectivity index (χ2v) is 20.1. The molecular formula is C54H103NO13. The molecule has 0 saturated carbocycles. The average molecular weight is 974 g/mol. The predicted molar refractivity (Wildman–Crippen MR) is 268 cm³/mol. The van der Waals surface area contributed by atoms with E-state index in [1.165, 1.54) is 167 Å². The summed E-state index contributed by atoms with van der Waals surface area (Å²) in [5.41, 5.74) is 0. The van der Waals surface area contributed by atoms with E-state index >= 15 is 0 Å². The quantitative estimate of drug-likeness (QED) is 0.0207. The van der Waals surface area contributed by atoms with Gasteiger partial charge in [-0.1, -0.05) is 219 Å². The van der Waals surface area contributed by atoms with Gasteiger partial charge in [0.25, 0.3) is 0 Å². The molecule has 0 aromatic heterocycles. The lowest BCUT2D eigenvalue weighted by Crippen LogP contribution is -2.65. The van der Waals surface area contributed by atoms with Gasteiger partial charge in [0, 0.05) is 6.42 Å². The minimum absolute atomic E-state index is 0.236. The molecule has 2 rings (SSSR count). The van der Waals surface area contributed by atoms with Crippen molar-refractivity contribution in [2.45, 2.75) is 306 Å². The summed E-state index contributed by atoms with van der Waals surface area (Å²) in [6.45, 7) is 2.81. The van der Waals surface area contributed by atoms with Crippen LogP contribution < -0.4 is 5.32 Å². The van der Waals surface area contributed by atoms with Crippen molar-refractivity contribution >= 4 is 5.91 Å². The molecule has 0 aliphatic carbocycles. The topological polar surface area (TPSA) is 228 Å². The van der Waals surface area contributed by atoms with E-state index in [2.05, 4.69) is 19.2 Å². The molecule has 0 aromatic rings. The number of allylic oxidation sites excluding steroid dienone is 1. The van der Waals surface area contributed by atoms with Crippen molar-refractivity contribution < 1.29 is 64.6 Å². The molecule has 68 heavy (non-hydrogen) atoms. The summed E-state index contributed by atoms with van der Waals surface area (Å²) < 4.78 is 22.7. The largest absolute Gasteiger partial charge is 0.394 e. The van der Waals surface area contributed by atoms with Crippen LogP contribution in [0.25, 0.3) is 0 Å². The first-order valence-electron chi connectivity index (χ1n) is 27.9. The number of carbonyl (C=O) groups excluding carboxylic acids is 1. The Morgan fingerprint density at radius 2 is 0.912 bits per heavy atom. The van der Waals surface area contributed by atoms with Crippen LogP contribution in [0, 0.1) is 0 Å². The number of carbonyl (C=O) groups is 1. The fourth-order valence-corrected chi connectivity index (χ4v) is 9.41. The van der Waals surface area contributed by atoms with Crippen molar-refractivity contribution in [2.24, 2.45) is 0 Å². The number of aliphatic hydroxyl groups is 8. The first kappa shape index (κ1) is 62.8. The van der Waals surface area contributed by atoms with Gasteiger partial charge in [0.2, 0.25) is 5.91 Å². The standard InChI is InChI=1S/C54H103NO13/c1-3-5-7-9-11-13-15-17-19-21-22-23-25-27-29-31-33-35-37-43(58)42(55-46(59)38-36-34-32-30-28-26-24-20-18-16-14-12-10-8-6-4-2)41-65-53-51(64)49(62)52(45(40-57)67-53)68-54-50(63)48(61)47(60)44(39-56)66-54/h35,37,42-45,47-54,56-58,60-64H,3-34,36,38-41H2,1-2H3,(H,55,59)/b37-35+. The molecule has 0 aromatic carbocycles. The summed E-state index contributed by atoms with van der Waals surface area (Å²) in [6.07, 6.45) is 28.1. The van der Waals surface area contributed by atoms with Crippen LogP contribution in [0.1, 0.15) is 232 Å². The highest BCUT2D eigenvalue weighted by atomic mass is 16.7. The van der Waals surface area contributed by atoms with Crippen LogP contribution in [0.4, 0.5) is 0 Å². The molecule has 1 amide bonds. The third kappa shape index (κ3) is 27.5. The van der Waals surface area contributed by atoms with Gasteiger partial charge in [-0.3, -0.25) is 4.79 Å². The first-order valence-corrected chi connectivity index (χ1v) is 27.9. The number of unbranched alkanes of at least 4 members (excludes halogenated alkanes) is 31. The number of amides is 1. The van der Waals surface area contributed by atoms with Gasteiger partial charge in [-0.2, -0.15) is 0 Å². The van der Waals surface area contributed by atoms with E-state index in [-0.39, 0.29) is 18.9 Å². The molecule has 402 valence electrons. The zero-order valence-corrected chi connectivity index (χ0v) is 42.9. The Balaban J connectivity index is 1.81. The maximum atomic E-state index is 13.2.